The maximum Gasteiger partial charge on any atom is 0.408 e. The van der Waals surface area contributed by atoms with Gasteiger partial charge in [0.15, 0.2) is 6.04 Å². The Bertz CT molecular complexity index is 705. The predicted octanol–water partition coefficient (Wildman–Crippen LogP) is 1.80. The zero-order valence-corrected chi connectivity index (χ0v) is 13.0. The summed E-state index contributed by atoms with van der Waals surface area (Å²) in [6.45, 7) is 1.65. The summed E-state index contributed by atoms with van der Waals surface area (Å²) in [6.07, 6.45) is -0.838. The molecule has 1 aromatic carbocycles. The van der Waals surface area contributed by atoms with Crippen LogP contribution in [0.5, 0.6) is 0 Å². The van der Waals surface area contributed by atoms with E-state index in [9.17, 15) is 19.8 Å². The molecule has 0 fully saturated rings. The third kappa shape index (κ3) is 4.53. The van der Waals surface area contributed by atoms with Crippen LogP contribution in [-0.4, -0.2) is 33.3 Å². The third-order valence-corrected chi connectivity index (χ3v) is 3.43. The number of pyridine rings is 1. The van der Waals surface area contributed by atoms with Gasteiger partial charge >= 0.3 is 12.1 Å². The van der Waals surface area contributed by atoms with Crippen LogP contribution in [0, 0.1) is 6.92 Å². The zero-order valence-electron chi connectivity index (χ0n) is 13.0. The third-order valence-electron chi connectivity index (χ3n) is 3.43. The van der Waals surface area contributed by atoms with E-state index < -0.39 is 24.2 Å². The van der Waals surface area contributed by atoms with Crippen LogP contribution in [0.1, 0.15) is 22.9 Å². The normalized spacial score (nSPS) is 12.9. The summed E-state index contributed by atoms with van der Waals surface area (Å²) in [7, 11) is 0. The standard InChI is InChI=1S/C17H18N2O5/c1-11-13(8-5-9-18-11)15(20)14(16(21)22)19-17(23)24-10-12-6-3-2-4-7-12/h2-9,14-15,20H,10H2,1H3,(H,19,23)(H,21,22)/t14-,15-/m0/s1. The smallest absolute Gasteiger partial charge is 0.408 e. The zero-order chi connectivity index (χ0) is 17.5. The van der Waals surface area contributed by atoms with E-state index in [1.807, 2.05) is 6.07 Å². The number of hydrogen-bond donors (Lipinski definition) is 3. The molecule has 0 saturated carbocycles. The Morgan fingerprint density at radius 3 is 2.54 bits per heavy atom. The van der Waals surface area contributed by atoms with E-state index in [0.717, 1.165) is 5.56 Å². The number of aliphatic hydroxyl groups excluding tert-OH is 1. The molecule has 0 radical (unpaired) electrons. The Labute approximate surface area is 138 Å². The van der Waals surface area contributed by atoms with Gasteiger partial charge < -0.3 is 20.3 Å². The van der Waals surface area contributed by atoms with Gasteiger partial charge in [-0.1, -0.05) is 36.4 Å². The molecule has 0 aliphatic heterocycles. The minimum Gasteiger partial charge on any atom is -0.480 e. The molecular formula is C17H18N2O5. The Balaban J connectivity index is 2.01. The number of nitrogens with zero attached hydrogens (tertiary/aromatic N) is 1. The second-order valence-corrected chi connectivity index (χ2v) is 5.14. The number of alkyl carbamates (subject to hydrolysis) is 1. The lowest BCUT2D eigenvalue weighted by Gasteiger charge is -2.21. The van der Waals surface area contributed by atoms with Crippen molar-refractivity contribution >= 4 is 12.1 Å². The van der Waals surface area contributed by atoms with Crippen molar-refractivity contribution in [2.24, 2.45) is 0 Å². The quantitative estimate of drug-likeness (QED) is 0.745. The van der Waals surface area contributed by atoms with Crippen molar-refractivity contribution < 1.29 is 24.5 Å². The number of carbonyl (C=O) groups excluding carboxylic acids is 1. The second-order valence-electron chi connectivity index (χ2n) is 5.14. The van der Waals surface area contributed by atoms with Crippen LogP contribution < -0.4 is 5.32 Å². The molecule has 0 aliphatic rings. The molecule has 24 heavy (non-hydrogen) atoms. The molecule has 0 unspecified atom stereocenters. The summed E-state index contributed by atoms with van der Waals surface area (Å²) < 4.78 is 4.98. The summed E-state index contributed by atoms with van der Waals surface area (Å²) in [4.78, 5) is 27.2. The summed E-state index contributed by atoms with van der Waals surface area (Å²) in [5.41, 5.74) is 1.58. The molecule has 7 heteroatoms. The average Bonchev–Trinajstić information content (AvgIpc) is 2.58. The minimum absolute atomic E-state index is 0.00102. The molecule has 2 aromatic rings. The lowest BCUT2D eigenvalue weighted by molar-refractivity contribution is -0.142. The molecule has 0 saturated heterocycles. The van der Waals surface area contributed by atoms with E-state index in [4.69, 9.17) is 4.74 Å². The molecule has 1 aromatic heterocycles. The fraction of sp³-hybridized carbons (Fsp3) is 0.235. The van der Waals surface area contributed by atoms with Gasteiger partial charge in [-0.3, -0.25) is 4.98 Å². The summed E-state index contributed by atoms with van der Waals surface area (Å²) in [6, 6.07) is 10.6. The van der Waals surface area contributed by atoms with Crippen molar-refractivity contribution in [1.82, 2.24) is 10.3 Å². The first-order chi connectivity index (χ1) is 11.5. The van der Waals surface area contributed by atoms with Gasteiger partial charge in [0, 0.05) is 17.5 Å². The van der Waals surface area contributed by atoms with Gasteiger partial charge in [-0.05, 0) is 18.6 Å². The molecule has 0 aliphatic carbocycles. The number of carbonyl (C=O) groups is 2. The number of benzene rings is 1. The number of aryl methyl sites for hydroxylation is 1. The molecule has 3 N–H and O–H groups in total. The number of aliphatic hydroxyl groups is 1. The van der Waals surface area contributed by atoms with E-state index in [1.165, 1.54) is 6.20 Å². The maximum absolute atomic E-state index is 11.8. The number of nitrogens with one attached hydrogen (secondary N) is 1. The number of hydrogen-bond acceptors (Lipinski definition) is 5. The summed E-state index contributed by atoms with van der Waals surface area (Å²) in [5, 5.41) is 21.7. The minimum atomic E-state index is -1.55. The van der Waals surface area contributed by atoms with Crippen molar-refractivity contribution in [3.63, 3.8) is 0 Å². The van der Waals surface area contributed by atoms with E-state index in [0.29, 0.717) is 11.3 Å². The van der Waals surface area contributed by atoms with E-state index >= 15 is 0 Å². The number of rotatable bonds is 6. The largest absolute Gasteiger partial charge is 0.480 e. The van der Waals surface area contributed by atoms with Crippen LogP contribution in [-0.2, 0) is 16.1 Å². The highest BCUT2D eigenvalue weighted by Crippen LogP contribution is 2.19. The van der Waals surface area contributed by atoms with Gasteiger partial charge in [-0.25, -0.2) is 9.59 Å². The molecular weight excluding hydrogens is 312 g/mol. The van der Waals surface area contributed by atoms with E-state index in [2.05, 4.69) is 10.3 Å². The Hall–Kier alpha value is -2.93. The fourth-order valence-corrected chi connectivity index (χ4v) is 2.16. The number of carboxylic acid groups (broad SMARTS) is 1. The molecule has 2 atom stereocenters. The van der Waals surface area contributed by atoms with Crippen molar-refractivity contribution in [2.45, 2.75) is 25.7 Å². The highest BCUT2D eigenvalue weighted by atomic mass is 16.5. The Kier molecular flexibility index (Phi) is 5.86. The van der Waals surface area contributed by atoms with Gasteiger partial charge in [0.2, 0.25) is 0 Å². The summed E-state index contributed by atoms with van der Waals surface area (Å²) in [5.74, 6) is -1.37. The van der Waals surface area contributed by atoms with Gasteiger partial charge in [0.1, 0.15) is 12.7 Å². The highest BCUT2D eigenvalue weighted by Gasteiger charge is 2.31. The first kappa shape index (κ1) is 17.4. The number of aliphatic carboxylic acids is 1. The SMILES string of the molecule is Cc1ncccc1[C@H](O)[C@H](NC(=O)OCc1ccccc1)C(=O)O. The number of carboxylic acids is 1. The Morgan fingerprint density at radius 2 is 1.92 bits per heavy atom. The number of aromatic nitrogens is 1. The lowest BCUT2D eigenvalue weighted by Crippen LogP contribution is -2.45. The van der Waals surface area contributed by atoms with E-state index in [-0.39, 0.29) is 6.61 Å². The summed E-state index contributed by atoms with van der Waals surface area (Å²) >= 11 is 0. The molecule has 0 bridgehead atoms. The van der Waals surface area contributed by atoms with Gasteiger partial charge in [0.25, 0.3) is 0 Å². The van der Waals surface area contributed by atoms with Crippen molar-refractivity contribution in [1.29, 1.82) is 0 Å². The second kappa shape index (κ2) is 8.07. The van der Waals surface area contributed by atoms with Crippen molar-refractivity contribution in [3.8, 4) is 0 Å². The highest BCUT2D eigenvalue weighted by molar-refractivity contribution is 5.80. The lowest BCUT2D eigenvalue weighted by atomic mass is 10.0. The van der Waals surface area contributed by atoms with Crippen LogP contribution >= 0.6 is 0 Å². The van der Waals surface area contributed by atoms with Crippen molar-refractivity contribution in [2.75, 3.05) is 0 Å². The first-order valence-corrected chi connectivity index (χ1v) is 7.28. The Morgan fingerprint density at radius 1 is 1.21 bits per heavy atom. The number of amides is 1. The van der Waals surface area contributed by atoms with Gasteiger partial charge in [-0.2, -0.15) is 0 Å². The van der Waals surface area contributed by atoms with Crippen LogP contribution in [0.3, 0.4) is 0 Å². The average molecular weight is 330 g/mol. The van der Waals surface area contributed by atoms with Crippen LogP contribution in [0.15, 0.2) is 48.7 Å². The van der Waals surface area contributed by atoms with E-state index in [1.54, 1.807) is 43.3 Å². The fourth-order valence-electron chi connectivity index (χ4n) is 2.16. The topological polar surface area (TPSA) is 109 Å². The van der Waals surface area contributed by atoms with Crippen molar-refractivity contribution in [3.05, 3.63) is 65.5 Å². The number of ether oxygens (including phenoxy) is 1. The predicted molar refractivity (Wildman–Crippen MR) is 85.1 cm³/mol. The van der Waals surface area contributed by atoms with Gasteiger partial charge in [0.05, 0.1) is 0 Å². The monoisotopic (exact) mass is 330 g/mol. The molecule has 1 amide bonds. The molecule has 126 valence electrons. The van der Waals surface area contributed by atoms with Crippen LogP contribution in [0.4, 0.5) is 4.79 Å². The maximum atomic E-state index is 11.8. The molecule has 2 rings (SSSR count). The van der Waals surface area contributed by atoms with Crippen LogP contribution in [0.25, 0.3) is 0 Å². The molecule has 1 heterocycles. The molecule has 0 spiro atoms. The first-order valence-electron chi connectivity index (χ1n) is 7.28. The van der Waals surface area contributed by atoms with Gasteiger partial charge in [-0.15, -0.1) is 0 Å². The van der Waals surface area contributed by atoms with Crippen LogP contribution in [0.2, 0.25) is 0 Å². The molecule has 7 nitrogen and oxygen atoms in total.